The molecule has 2 rings (SSSR count). The van der Waals surface area contributed by atoms with Crippen LogP contribution in [0.15, 0.2) is 42.6 Å². The zero-order valence-corrected chi connectivity index (χ0v) is 13.9. The number of nitrogens with zero attached hydrogens (tertiary/aromatic N) is 2. The molecular formula is C15H14Cl2N4S. The van der Waals surface area contributed by atoms with Crippen LogP contribution < -0.4 is 11.1 Å². The highest BCUT2D eigenvalue weighted by atomic mass is 35.5. The van der Waals surface area contributed by atoms with Gasteiger partial charge in [-0.2, -0.15) is 5.26 Å². The minimum Gasteiger partial charge on any atom is -0.376 e. The molecule has 1 aliphatic heterocycles. The molecule has 1 aromatic carbocycles. The molecule has 4 nitrogen and oxygen atoms in total. The summed E-state index contributed by atoms with van der Waals surface area (Å²) in [6.45, 7) is 0.570. The fourth-order valence-electron chi connectivity index (χ4n) is 2.25. The Morgan fingerprint density at radius 1 is 1.32 bits per heavy atom. The normalized spacial score (nSPS) is 19.8. The molecule has 0 saturated carbocycles. The number of nitrogens with two attached hydrogens (primary N) is 1. The summed E-state index contributed by atoms with van der Waals surface area (Å²) in [6.07, 6.45) is 7.84. The molecule has 0 fully saturated rings. The van der Waals surface area contributed by atoms with E-state index >= 15 is 0 Å². The van der Waals surface area contributed by atoms with Gasteiger partial charge in [0.15, 0.2) is 5.11 Å². The Labute approximate surface area is 144 Å². The standard InChI is InChI=1S/C15H14Cl2N4S/c16-12-7-11(8-13(17)9-12)3-6-21-5-2-1-4-15(21,10-18)20-14(19)22/h1-2,4-5,7-9H,3,6H2,(H3,19,20,22). The first-order valence-corrected chi connectivity index (χ1v) is 7.68. The van der Waals surface area contributed by atoms with Gasteiger partial charge >= 0.3 is 0 Å². The Bertz CT molecular complexity index is 660. The van der Waals surface area contributed by atoms with Crippen LogP contribution in [0.5, 0.6) is 0 Å². The number of hydrogen-bond donors (Lipinski definition) is 2. The average molecular weight is 353 g/mol. The van der Waals surface area contributed by atoms with Crippen LogP contribution in [0.2, 0.25) is 10.0 Å². The molecule has 0 spiro atoms. The summed E-state index contributed by atoms with van der Waals surface area (Å²) in [5.74, 6) is 0. The fraction of sp³-hybridized carbons (Fsp3) is 0.200. The molecule has 0 radical (unpaired) electrons. The van der Waals surface area contributed by atoms with Crippen molar-refractivity contribution in [1.29, 1.82) is 5.26 Å². The van der Waals surface area contributed by atoms with Crippen molar-refractivity contribution in [3.05, 3.63) is 58.2 Å². The number of nitrogens with one attached hydrogen (secondary N) is 1. The van der Waals surface area contributed by atoms with Crippen molar-refractivity contribution in [1.82, 2.24) is 10.2 Å². The van der Waals surface area contributed by atoms with Crippen LogP contribution in [-0.4, -0.2) is 22.2 Å². The summed E-state index contributed by atoms with van der Waals surface area (Å²) in [5.41, 5.74) is 5.45. The maximum atomic E-state index is 9.55. The summed E-state index contributed by atoms with van der Waals surface area (Å²) in [4.78, 5) is 1.83. The van der Waals surface area contributed by atoms with Gasteiger partial charge < -0.3 is 16.0 Å². The molecule has 22 heavy (non-hydrogen) atoms. The van der Waals surface area contributed by atoms with Gasteiger partial charge in [-0.15, -0.1) is 0 Å². The van der Waals surface area contributed by atoms with Crippen molar-refractivity contribution < 1.29 is 0 Å². The van der Waals surface area contributed by atoms with E-state index in [-0.39, 0.29) is 5.11 Å². The van der Waals surface area contributed by atoms with Gasteiger partial charge in [0.2, 0.25) is 5.66 Å². The molecule has 1 atom stereocenters. The second-order valence-corrected chi connectivity index (χ2v) is 6.10. The van der Waals surface area contributed by atoms with Gasteiger partial charge in [0, 0.05) is 22.8 Å². The van der Waals surface area contributed by atoms with E-state index in [2.05, 4.69) is 11.4 Å². The highest BCUT2D eigenvalue weighted by molar-refractivity contribution is 7.80. The van der Waals surface area contributed by atoms with Gasteiger partial charge in [0.05, 0.1) is 0 Å². The molecule has 3 N–H and O–H groups in total. The van der Waals surface area contributed by atoms with E-state index in [1.165, 1.54) is 0 Å². The molecule has 7 heteroatoms. The van der Waals surface area contributed by atoms with Gasteiger partial charge in [-0.05, 0) is 54.6 Å². The van der Waals surface area contributed by atoms with Crippen molar-refractivity contribution >= 4 is 40.5 Å². The molecule has 0 amide bonds. The van der Waals surface area contributed by atoms with Crippen LogP contribution in [0.3, 0.4) is 0 Å². The molecule has 114 valence electrons. The number of hydrogen-bond acceptors (Lipinski definition) is 3. The molecule has 0 aliphatic carbocycles. The van der Waals surface area contributed by atoms with Gasteiger partial charge in [0.1, 0.15) is 6.07 Å². The number of rotatable bonds is 4. The lowest BCUT2D eigenvalue weighted by atomic mass is 10.1. The lowest BCUT2D eigenvalue weighted by Gasteiger charge is -2.38. The van der Waals surface area contributed by atoms with Gasteiger partial charge in [-0.1, -0.05) is 29.3 Å². The number of nitriles is 1. The summed E-state index contributed by atoms with van der Waals surface area (Å²) in [7, 11) is 0. The molecule has 0 bridgehead atoms. The number of halogens is 2. The van der Waals surface area contributed by atoms with Gasteiger partial charge in [0.25, 0.3) is 0 Å². The SMILES string of the molecule is N#CC1(NC(N)=S)C=CC=CN1CCc1cc(Cl)cc(Cl)c1. The Balaban J connectivity index is 2.16. The van der Waals surface area contributed by atoms with Crippen LogP contribution in [0.1, 0.15) is 5.56 Å². The first-order valence-electron chi connectivity index (χ1n) is 6.52. The van der Waals surface area contributed by atoms with Crippen molar-refractivity contribution in [2.45, 2.75) is 12.1 Å². The molecule has 1 aliphatic rings. The molecule has 0 saturated heterocycles. The van der Waals surface area contributed by atoms with Crippen LogP contribution in [0.25, 0.3) is 0 Å². The number of thiocarbonyl (C=S) groups is 1. The lowest BCUT2D eigenvalue weighted by molar-refractivity contribution is 0.236. The summed E-state index contributed by atoms with van der Waals surface area (Å²) in [6, 6.07) is 7.61. The van der Waals surface area contributed by atoms with Gasteiger partial charge in [-0.25, -0.2) is 0 Å². The quantitative estimate of drug-likeness (QED) is 0.815. The van der Waals surface area contributed by atoms with Crippen molar-refractivity contribution in [3.8, 4) is 6.07 Å². The summed E-state index contributed by atoms with van der Waals surface area (Å²) < 4.78 is 0. The Morgan fingerprint density at radius 2 is 2.00 bits per heavy atom. The number of benzene rings is 1. The van der Waals surface area contributed by atoms with Crippen molar-refractivity contribution in [2.75, 3.05) is 6.54 Å². The predicted molar refractivity (Wildman–Crippen MR) is 93.4 cm³/mol. The Kier molecular flexibility index (Phi) is 5.30. The molecule has 1 unspecified atom stereocenters. The van der Waals surface area contributed by atoms with E-state index in [9.17, 15) is 5.26 Å². The largest absolute Gasteiger partial charge is 0.376 e. The fourth-order valence-corrected chi connectivity index (χ4v) is 2.98. The van der Waals surface area contributed by atoms with Crippen LogP contribution in [0, 0.1) is 11.3 Å². The zero-order chi connectivity index (χ0) is 16.2. The second kappa shape index (κ2) is 7.01. The minimum absolute atomic E-state index is 0.0669. The van der Waals surface area contributed by atoms with E-state index in [0.717, 1.165) is 5.56 Å². The highest BCUT2D eigenvalue weighted by Crippen LogP contribution is 2.22. The highest BCUT2D eigenvalue weighted by Gasteiger charge is 2.34. The predicted octanol–water partition coefficient (Wildman–Crippen LogP) is 2.97. The molecular weight excluding hydrogens is 339 g/mol. The van der Waals surface area contributed by atoms with E-state index in [1.54, 1.807) is 18.2 Å². The summed E-state index contributed by atoms with van der Waals surface area (Å²) >= 11 is 16.9. The third kappa shape index (κ3) is 3.92. The average Bonchev–Trinajstić information content (AvgIpc) is 2.44. The maximum absolute atomic E-state index is 9.55. The first-order chi connectivity index (χ1) is 10.4. The van der Waals surface area contributed by atoms with Gasteiger partial charge in [-0.3, -0.25) is 0 Å². The molecule has 0 aromatic heterocycles. The smallest absolute Gasteiger partial charge is 0.221 e. The van der Waals surface area contributed by atoms with Crippen LogP contribution in [0.4, 0.5) is 0 Å². The Hall–Kier alpha value is -1.74. The third-order valence-corrected chi connectivity index (χ3v) is 3.75. The molecule has 1 aromatic rings. The van der Waals surface area contributed by atoms with E-state index in [1.807, 2.05) is 29.3 Å². The van der Waals surface area contributed by atoms with E-state index < -0.39 is 5.66 Å². The zero-order valence-electron chi connectivity index (χ0n) is 11.6. The van der Waals surface area contributed by atoms with Crippen molar-refractivity contribution in [3.63, 3.8) is 0 Å². The maximum Gasteiger partial charge on any atom is 0.221 e. The van der Waals surface area contributed by atoms with Crippen LogP contribution in [-0.2, 0) is 6.42 Å². The van der Waals surface area contributed by atoms with E-state index in [0.29, 0.717) is 23.0 Å². The topological polar surface area (TPSA) is 65.1 Å². The first kappa shape index (κ1) is 16.6. The summed E-state index contributed by atoms with van der Waals surface area (Å²) in [5, 5.41) is 13.6. The third-order valence-electron chi connectivity index (χ3n) is 3.22. The number of allylic oxidation sites excluding steroid dienone is 2. The molecule has 1 heterocycles. The van der Waals surface area contributed by atoms with Crippen molar-refractivity contribution in [2.24, 2.45) is 5.73 Å². The second-order valence-electron chi connectivity index (χ2n) is 4.79. The lowest BCUT2D eigenvalue weighted by Crippen LogP contribution is -2.59. The monoisotopic (exact) mass is 352 g/mol. The van der Waals surface area contributed by atoms with Crippen LogP contribution >= 0.6 is 35.4 Å². The minimum atomic E-state index is -1.08. The Morgan fingerprint density at radius 3 is 2.59 bits per heavy atom. The van der Waals surface area contributed by atoms with E-state index in [4.69, 9.17) is 41.2 Å².